The second-order valence-corrected chi connectivity index (χ2v) is 7.07. The average molecular weight is 366 g/mol. The molecule has 1 N–H and O–H groups in total. The number of fused-ring (bicyclic) bond motifs is 1. The second-order valence-electron chi connectivity index (χ2n) is 7.07. The SMILES string of the molecule is Cc1c(C(=O)NC(C)(C)C(=O)N(C)C)nnn1-c1cccc2cccnc12. The van der Waals surface area contributed by atoms with E-state index in [9.17, 15) is 9.59 Å². The first-order valence-electron chi connectivity index (χ1n) is 8.53. The predicted molar refractivity (Wildman–Crippen MR) is 102 cm³/mol. The van der Waals surface area contributed by atoms with Gasteiger partial charge < -0.3 is 10.2 Å². The number of hydrogen-bond donors (Lipinski definition) is 1. The van der Waals surface area contributed by atoms with Crippen LogP contribution < -0.4 is 5.32 Å². The van der Waals surface area contributed by atoms with Gasteiger partial charge in [0, 0.05) is 25.7 Å². The third-order valence-electron chi connectivity index (χ3n) is 4.32. The van der Waals surface area contributed by atoms with Crippen molar-refractivity contribution in [1.29, 1.82) is 0 Å². The lowest BCUT2D eigenvalue weighted by Gasteiger charge is -2.27. The molecular weight excluding hydrogens is 344 g/mol. The number of likely N-dealkylation sites (N-methyl/N-ethyl adjacent to an activating group) is 1. The monoisotopic (exact) mass is 366 g/mol. The Morgan fingerprint density at radius 1 is 1.15 bits per heavy atom. The summed E-state index contributed by atoms with van der Waals surface area (Å²) in [6, 6.07) is 9.56. The standard InChI is InChI=1S/C19H22N6O2/c1-12-15(17(26)21-19(2,3)18(27)24(4)5)22-23-25(12)14-10-6-8-13-9-7-11-20-16(13)14/h6-11H,1-5H3,(H,21,26). The fourth-order valence-corrected chi connectivity index (χ4v) is 2.98. The molecule has 0 aliphatic rings. The van der Waals surface area contributed by atoms with Gasteiger partial charge in [0.1, 0.15) is 5.54 Å². The van der Waals surface area contributed by atoms with Crippen molar-refractivity contribution in [2.75, 3.05) is 14.1 Å². The van der Waals surface area contributed by atoms with Crippen LogP contribution in [0.3, 0.4) is 0 Å². The number of aromatic nitrogens is 4. The second kappa shape index (κ2) is 6.79. The number of carbonyl (C=O) groups excluding carboxylic acids is 2. The summed E-state index contributed by atoms with van der Waals surface area (Å²) in [4.78, 5) is 30.8. The molecule has 8 nitrogen and oxygen atoms in total. The van der Waals surface area contributed by atoms with Gasteiger partial charge in [-0.3, -0.25) is 14.6 Å². The number of para-hydroxylation sites is 1. The Labute approximate surface area is 157 Å². The number of amides is 2. The van der Waals surface area contributed by atoms with E-state index < -0.39 is 11.4 Å². The highest BCUT2D eigenvalue weighted by molar-refractivity contribution is 5.98. The number of benzene rings is 1. The Balaban J connectivity index is 1.96. The third kappa shape index (κ3) is 3.38. The van der Waals surface area contributed by atoms with Crippen LogP contribution in [0.1, 0.15) is 30.0 Å². The van der Waals surface area contributed by atoms with Crippen LogP contribution in [-0.4, -0.2) is 56.3 Å². The van der Waals surface area contributed by atoms with Crippen LogP contribution in [0.25, 0.3) is 16.6 Å². The lowest BCUT2D eigenvalue weighted by atomic mass is 10.0. The molecule has 0 spiro atoms. The van der Waals surface area contributed by atoms with Crippen molar-refractivity contribution in [3.63, 3.8) is 0 Å². The van der Waals surface area contributed by atoms with E-state index in [0.29, 0.717) is 5.69 Å². The van der Waals surface area contributed by atoms with Crippen LogP contribution >= 0.6 is 0 Å². The summed E-state index contributed by atoms with van der Waals surface area (Å²) in [6.07, 6.45) is 1.71. The summed E-state index contributed by atoms with van der Waals surface area (Å²) < 4.78 is 1.59. The molecule has 0 unspecified atom stereocenters. The Morgan fingerprint density at radius 3 is 2.56 bits per heavy atom. The minimum Gasteiger partial charge on any atom is -0.347 e. The molecule has 1 aromatic carbocycles. The molecule has 2 aromatic heterocycles. The van der Waals surface area contributed by atoms with Gasteiger partial charge in [0.25, 0.3) is 5.91 Å². The van der Waals surface area contributed by atoms with Crippen LogP contribution in [0.4, 0.5) is 0 Å². The van der Waals surface area contributed by atoms with Crippen LogP contribution in [0, 0.1) is 6.92 Å². The Hall–Kier alpha value is -3.29. The molecular formula is C19H22N6O2. The molecule has 0 radical (unpaired) electrons. The van der Waals surface area contributed by atoms with Crippen molar-refractivity contribution >= 4 is 22.7 Å². The van der Waals surface area contributed by atoms with Gasteiger partial charge in [-0.1, -0.05) is 23.4 Å². The predicted octanol–water partition coefficient (Wildman–Crippen LogP) is 1.72. The normalized spacial score (nSPS) is 11.4. The van der Waals surface area contributed by atoms with E-state index in [-0.39, 0.29) is 11.6 Å². The first-order valence-corrected chi connectivity index (χ1v) is 8.53. The highest BCUT2D eigenvalue weighted by Gasteiger charge is 2.32. The van der Waals surface area contributed by atoms with E-state index in [1.54, 1.807) is 45.7 Å². The number of rotatable bonds is 4. The molecule has 0 atom stereocenters. The first-order chi connectivity index (χ1) is 12.7. The number of carbonyl (C=O) groups is 2. The van der Waals surface area contributed by atoms with E-state index in [0.717, 1.165) is 16.6 Å². The van der Waals surface area contributed by atoms with Gasteiger partial charge in [-0.05, 0) is 32.9 Å². The summed E-state index contributed by atoms with van der Waals surface area (Å²) in [5.74, 6) is -0.661. The fourth-order valence-electron chi connectivity index (χ4n) is 2.98. The summed E-state index contributed by atoms with van der Waals surface area (Å²) >= 11 is 0. The van der Waals surface area contributed by atoms with Crippen molar-refractivity contribution in [3.05, 3.63) is 47.9 Å². The Morgan fingerprint density at radius 2 is 1.85 bits per heavy atom. The average Bonchev–Trinajstić information content (AvgIpc) is 3.01. The molecule has 8 heteroatoms. The lowest BCUT2D eigenvalue weighted by molar-refractivity contribution is -0.134. The molecule has 140 valence electrons. The van der Waals surface area contributed by atoms with Crippen molar-refractivity contribution in [2.24, 2.45) is 0 Å². The highest BCUT2D eigenvalue weighted by Crippen LogP contribution is 2.21. The van der Waals surface area contributed by atoms with Gasteiger partial charge in [0.15, 0.2) is 5.69 Å². The molecule has 0 saturated carbocycles. The third-order valence-corrected chi connectivity index (χ3v) is 4.32. The van der Waals surface area contributed by atoms with Crippen LogP contribution in [0.15, 0.2) is 36.5 Å². The smallest absolute Gasteiger partial charge is 0.274 e. The zero-order valence-corrected chi connectivity index (χ0v) is 16.0. The maximum absolute atomic E-state index is 12.7. The maximum atomic E-state index is 12.7. The summed E-state index contributed by atoms with van der Waals surface area (Å²) in [6.45, 7) is 5.07. The van der Waals surface area contributed by atoms with Crippen molar-refractivity contribution in [1.82, 2.24) is 30.2 Å². The van der Waals surface area contributed by atoms with Crippen molar-refractivity contribution < 1.29 is 9.59 Å². The Bertz CT molecular complexity index is 1020. The van der Waals surface area contributed by atoms with Gasteiger partial charge >= 0.3 is 0 Å². The number of pyridine rings is 1. The van der Waals surface area contributed by atoms with Gasteiger partial charge in [-0.25, -0.2) is 4.68 Å². The quantitative estimate of drug-likeness (QED) is 0.759. The highest BCUT2D eigenvalue weighted by atomic mass is 16.2. The number of hydrogen-bond acceptors (Lipinski definition) is 5. The molecule has 0 aliphatic carbocycles. The van der Waals surface area contributed by atoms with Gasteiger partial charge in [0.2, 0.25) is 5.91 Å². The van der Waals surface area contributed by atoms with E-state index in [4.69, 9.17) is 0 Å². The van der Waals surface area contributed by atoms with Crippen molar-refractivity contribution in [2.45, 2.75) is 26.3 Å². The zero-order chi connectivity index (χ0) is 19.8. The molecule has 0 saturated heterocycles. The lowest BCUT2D eigenvalue weighted by Crippen LogP contribution is -2.54. The summed E-state index contributed by atoms with van der Waals surface area (Å²) in [5, 5.41) is 11.9. The Kier molecular flexibility index (Phi) is 4.65. The van der Waals surface area contributed by atoms with E-state index in [1.807, 2.05) is 30.3 Å². The topological polar surface area (TPSA) is 93.0 Å². The molecule has 3 rings (SSSR count). The molecule has 0 fully saturated rings. The van der Waals surface area contributed by atoms with Crippen LogP contribution in [0.5, 0.6) is 0 Å². The van der Waals surface area contributed by atoms with Gasteiger partial charge in [-0.2, -0.15) is 0 Å². The van der Waals surface area contributed by atoms with Gasteiger partial charge in [-0.15, -0.1) is 5.10 Å². The molecule has 2 amide bonds. The van der Waals surface area contributed by atoms with Crippen LogP contribution in [0.2, 0.25) is 0 Å². The van der Waals surface area contributed by atoms with E-state index in [2.05, 4.69) is 20.6 Å². The number of nitrogens with one attached hydrogen (secondary N) is 1. The first kappa shape index (κ1) is 18.5. The minimum absolute atomic E-state index is 0.169. The molecule has 3 aromatic rings. The minimum atomic E-state index is -1.06. The summed E-state index contributed by atoms with van der Waals surface area (Å²) in [7, 11) is 3.29. The summed E-state index contributed by atoms with van der Waals surface area (Å²) in [5.41, 5.74) is 1.18. The van der Waals surface area contributed by atoms with Gasteiger partial charge in [0.05, 0.1) is 16.9 Å². The molecule has 0 bridgehead atoms. The zero-order valence-electron chi connectivity index (χ0n) is 16.0. The number of nitrogens with zero attached hydrogens (tertiary/aromatic N) is 5. The largest absolute Gasteiger partial charge is 0.347 e. The molecule has 2 heterocycles. The fraction of sp³-hybridized carbons (Fsp3) is 0.316. The van der Waals surface area contributed by atoms with E-state index >= 15 is 0 Å². The molecule has 0 aliphatic heterocycles. The van der Waals surface area contributed by atoms with Crippen LogP contribution in [-0.2, 0) is 4.79 Å². The molecule has 27 heavy (non-hydrogen) atoms. The maximum Gasteiger partial charge on any atom is 0.274 e. The van der Waals surface area contributed by atoms with Crippen molar-refractivity contribution in [3.8, 4) is 5.69 Å². The van der Waals surface area contributed by atoms with E-state index in [1.165, 1.54) is 4.90 Å².